The van der Waals surface area contributed by atoms with Crippen molar-refractivity contribution in [3.8, 4) is 0 Å². The van der Waals surface area contributed by atoms with Crippen LogP contribution in [0.4, 0.5) is 0 Å². The zero-order chi connectivity index (χ0) is 18.9. The lowest BCUT2D eigenvalue weighted by atomic mass is 10.1. The molecule has 2 aliphatic heterocycles. The minimum atomic E-state index is -3.70. The van der Waals surface area contributed by atoms with Gasteiger partial charge in [-0.1, -0.05) is 0 Å². The average Bonchev–Trinajstić information content (AvgIpc) is 3.18. The molecule has 2 atom stereocenters. The zero-order valence-electron chi connectivity index (χ0n) is 15.6. The van der Waals surface area contributed by atoms with E-state index < -0.39 is 10.0 Å². The zero-order valence-corrected chi connectivity index (χ0v) is 16.4. The normalized spacial score (nSPS) is 25.6. The molecule has 146 valence electrons. The highest BCUT2D eigenvalue weighted by atomic mass is 32.2. The molecule has 0 unspecified atom stereocenters. The van der Waals surface area contributed by atoms with Gasteiger partial charge in [-0.15, -0.1) is 0 Å². The molecule has 2 aromatic rings. The van der Waals surface area contributed by atoms with Crippen molar-refractivity contribution in [3.63, 3.8) is 0 Å². The smallest absolute Gasteiger partial charge is 0.337 e. The topological polar surface area (TPSA) is 95.0 Å². The molecule has 4 heterocycles. The number of hydrogen-bond acceptors (Lipinski definition) is 5. The summed E-state index contributed by atoms with van der Waals surface area (Å²) in [5, 5.41) is 4.63. The number of aromatic nitrogens is 5. The third-order valence-electron chi connectivity index (χ3n) is 6.12. The highest BCUT2D eigenvalue weighted by Gasteiger charge is 2.46. The molecule has 0 radical (unpaired) electrons. The first-order chi connectivity index (χ1) is 12.8. The molecule has 27 heavy (non-hydrogen) atoms. The van der Waals surface area contributed by atoms with Crippen molar-refractivity contribution < 1.29 is 8.42 Å². The van der Waals surface area contributed by atoms with E-state index in [1.807, 2.05) is 0 Å². The number of rotatable bonds is 4. The minimum Gasteiger partial charge on any atom is -0.337 e. The number of aryl methyl sites for hydroxylation is 2. The molecule has 0 spiro atoms. The standard InChI is InChI=1S/C17H24N6O3S/c1-11-18-16(10-20(11)2)27(25,26)23-13-5-6-14(23)9-21-15(7-13)19-22(17(21)24)8-12-3-4-12/h10,12-14H,3-9H2,1-2H3/t13-,14+/m0/s1. The summed E-state index contributed by atoms with van der Waals surface area (Å²) in [5.74, 6) is 1.94. The van der Waals surface area contributed by atoms with Crippen LogP contribution in [0.25, 0.3) is 0 Å². The summed E-state index contributed by atoms with van der Waals surface area (Å²) in [6, 6.07) is -0.389. The first-order valence-electron chi connectivity index (χ1n) is 9.54. The number of nitrogens with zero attached hydrogens (tertiary/aromatic N) is 6. The van der Waals surface area contributed by atoms with Crippen LogP contribution in [0.3, 0.4) is 0 Å². The minimum absolute atomic E-state index is 0.0880. The Morgan fingerprint density at radius 1 is 1.19 bits per heavy atom. The number of sulfonamides is 1. The maximum atomic E-state index is 13.3. The Hall–Kier alpha value is -1.94. The Balaban J connectivity index is 1.50. The molecule has 2 fully saturated rings. The van der Waals surface area contributed by atoms with Gasteiger partial charge in [0.05, 0.1) is 0 Å². The molecule has 1 saturated heterocycles. The molecule has 2 bridgehead atoms. The van der Waals surface area contributed by atoms with E-state index in [0.29, 0.717) is 37.1 Å². The molecule has 9 nitrogen and oxygen atoms in total. The van der Waals surface area contributed by atoms with Crippen LogP contribution in [0.5, 0.6) is 0 Å². The van der Waals surface area contributed by atoms with Crippen LogP contribution in [0.2, 0.25) is 0 Å². The quantitative estimate of drug-likeness (QED) is 0.745. The van der Waals surface area contributed by atoms with Gasteiger partial charge in [0.25, 0.3) is 10.0 Å². The number of imidazole rings is 1. The number of hydrogen-bond donors (Lipinski definition) is 0. The Labute approximate surface area is 157 Å². The van der Waals surface area contributed by atoms with Gasteiger partial charge in [-0.25, -0.2) is 22.9 Å². The fraction of sp³-hybridized carbons (Fsp3) is 0.706. The number of fused-ring (bicyclic) bond motifs is 3. The lowest BCUT2D eigenvalue weighted by Crippen LogP contribution is -2.43. The van der Waals surface area contributed by atoms with Gasteiger partial charge in [-0.3, -0.25) is 4.57 Å². The Morgan fingerprint density at radius 2 is 1.93 bits per heavy atom. The van der Waals surface area contributed by atoms with Crippen molar-refractivity contribution >= 4 is 10.0 Å². The van der Waals surface area contributed by atoms with E-state index in [4.69, 9.17) is 0 Å². The van der Waals surface area contributed by atoms with E-state index in [1.54, 1.807) is 38.3 Å². The summed E-state index contributed by atoms with van der Waals surface area (Å²) in [6.45, 7) is 2.85. The van der Waals surface area contributed by atoms with Crippen LogP contribution in [-0.2, 0) is 36.6 Å². The molecule has 1 saturated carbocycles. The van der Waals surface area contributed by atoms with Crippen LogP contribution >= 0.6 is 0 Å². The second-order valence-electron chi connectivity index (χ2n) is 8.10. The Kier molecular flexibility index (Phi) is 3.68. The molecule has 0 aromatic carbocycles. The van der Waals surface area contributed by atoms with Gasteiger partial charge < -0.3 is 4.57 Å². The van der Waals surface area contributed by atoms with Gasteiger partial charge in [0, 0.05) is 44.8 Å². The summed E-state index contributed by atoms with van der Waals surface area (Å²) in [5.41, 5.74) is -0.101. The third-order valence-corrected chi connectivity index (χ3v) is 8.00. The Morgan fingerprint density at radius 3 is 2.59 bits per heavy atom. The van der Waals surface area contributed by atoms with Crippen molar-refractivity contribution in [2.24, 2.45) is 13.0 Å². The van der Waals surface area contributed by atoms with Gasteiger partial charge in [0.1, 0.15) is 11.6 Å². The molecule has 1 aliphatic carbocycles. The highest BCUT2D eigenvalue weighted by Crippen LogP contribution is 2.35. The van der Waals surface area contributed by atoms with E-state index >= 15 is 0 Å². The average molecular weight is 392 g/mol. The van der Waals surface area contributed by atoms with Gasteiger partial charge in [-0.05, 0) is 38.5 Å². The van der Waals surface area contributed by atoms with Crippen molar-refractivity contribution in [2.45, 2.75) is 69.2 Å². The summed E-state index contributed by atoms with van der Waals surface area (Å²) in [6.07, 6.45) is 5.92. The summed E-state index contributed by atoms with van der Waals surface area (Å²) >= 11 is 0. The van der Waals surface area contributed by atoms with Crippen LogP contribution in [0, 0.1) is 12.8 Å². The maximum Gasteiger partial charge on any atom is 0.345 e. The second kappa shape index (κ2) is 5.78. The third kappa shape index (κ3) is 2.68. The van der Waals surface area contributed by atoms with Crippen LogP contribution in [0.1, 0.15) is 37.3 Å². The van der Waals surface area contributed by atoms with Crippen LogP contribution < -0.4 is 5.69 Å². The van der Waals surface area contributed by atoms with E-state index in [2.05, 4.69) is 10.1 Å². The SMILES string of the molecule is Cc1nc(S(=O)(=O)N2[C@@H]3CC[C@H]2Cc2nn(CC4CC4)c(=O)n2C3)cn1C. The molecule has 2 aromatic heterocycles. The molecule has 3 aliphatic rings. The molecular formula is C17H24N6O3S. The first-order valence-corrected chi connectivity index (χ1v) is 11.0. The predicted octanol–water partition coefficient (Wildman–Crippen LogP) is 0.275. The fourth-order valence-electron chi connectivity index (χ4n) is 4.36. The molecule has 0 amide bonds. The summed E-state index contributed by atoms with van der Waals surface area (Å²) < 4.78 is 33.1. The fourth-order valence-corrected chi connectivity index (χ4v) is 6.25. The lowest BCUT2D eigenvalue weighted by Gasteiger charge is -2.25. The van der Waals surface area contributed by atoms with Crippen molar-refractivity contribution in [1.82, 2.24) is 28.2 Å². The lowest BCUT2D eigenvalue weighted by molar-refractivity contribution is 0.311. The molecule has 0 N–H and O–H groups in total. The van der Waals surface area contributed by atoms with E-state index in [-0.39, 0.29) is 22.8 Å². The van der Waals surface area contributed by atoms with Gasteiger partial charge >= 0.3 is 5.69 Å². The molecule has 10 heteroatoms. The predicted molar refractivity (Wildman–Crippen MR) is 96.7 cm³/mol. The first kappa shape index (κ1) is 17.2. The molecule has 5 rings (SSSR count). The monoisotopic (exact) mass is 392 g/mol. The van der Waals surface area contributed by atoms with Gasteiger partial charge in [0.15, 0.2) is 5.03 Å². The van der Waals surface area contributed by atoms with Crippen molar-refractivity contribution in [2.75, 3.05) is 0 Å². The van der Waals surface area contributed by atoms with E-state index in [9.17, 15) is 13.2 Å². The summed E-state index contributed by atoms with van der Waals surface area (Å²) in [7, 11) is -1.91. The summed E-state index contributed by atoms with van der Waals surface area (Å²) in [4.78, 5) is 17.0. The second-order valence-corrected chi connectivity index (χ2v) is 9.89. The van der Waals surface area contributed by atoms with Crippen molar-refractivity contribution in [3.05, 3.63) is 28.3 Å². The Bertz CT molecular complexity index is 1040. The van der Waals surface area contributed by atoms with Crippen LogP contribution in [0.15, 0.2) is 16.0 Å². The van der Waals surface area contributed by atoms with Gasteiger partial charge in [-0.2, -0.15) is 9.40 Å². The van der Waals surface area contributed by atoms with E-state index in [1.165, 1.54) is 0 Å². The highest BCUT2D eigenvalue weighted by molar-refractivity contribution is 7.89. The van der Waals surface area contributed by atoms with Crippen molar-refractivity contribution in [1.29, 1.82) is 0 Å². The van der Waals surface area contributed by atoms with E-state index in [0.717, 1.165) is 25.7 Å². The maximum absolute atomic E-state index is 13.3. The van der Waals surface area contributed by atoms with Gasteiger partial charge in [0.2, 0.25) is 0 Å². The van der Waals surface area contributed by atoms with Crippen LogP contribution in [-0.4, -0.2) is 48.7 Å². The molecular weight excluding hydrogens is 368 g/mol. The largest absolute Gasteiger partial charge is 0.345 e.